The summed E-state index contributed by atoms with van der Waals surface area (Å²) in [6.07, 6.45) is 0. The van der Waals surface area contributed by atoms with E-state index in [1.807, 2.05) is 6.92 Å². The Balaban J connectivity index is 1.89. The number of rotatable bonds is 4. The molecular weight excluding hydrogens is 317 g/mol. The van der Waals surface area contributed by atoms with E-state index in [1.165, 1.54) is 0 Å². The molecule has 1 unspecified atom stereocenters. The van der Waals surface area contributed by atoms with Crippen molar-refractivity contribution in [3.05, 3.63) is 53.8 Å². The van der Waals surface area contributed by atoms with Crippen LogP contribution in [-0.4, -0.2) is 19.0 Å². The van der Waals surface area contributed by atoms with Crippen molar-refractivity contribution in [2.75, 3.05) is 18.4 Å². The Hall–Kier alpha value is -2.34. The van der Waals surface area contributed by atoms with Crippen LogP contribution in [0.5, 0.6) is 0 Å². The van der Waals surface area contributed by atoms with Gasteiger partial charge in [-0.1, -0.05) is 25.1 Å². The number of benzene rings is 2. The van der Waals surface area contributed by atoms with Crippen molar-refractivity contribution >= 4 is 11.6 Å². The number of anilines is 1. The number of para-hydroxylation sites is 1. The second-order valence-electron chi connectivity index (χ2n) is 6.00. The van der Waals surface area contributed by atoms with Crippen LogP contribution >= 0.6 is 0 Å². The molecule has 1 saturated heterocycles. The van der Waals surface area contributed by atoms with Crippen LogP contribution < -0.4 is 10.6 Å². The standard InChI is InChI=1S/C18H17F3N2O/c1-10(12-8-22-9-12)18(24)23-16-5-3-2-4-13(16)11-6-14(19)17(21)15(20)7-11/h2-7,10,12,22H,8-9H2,1H3,(H,23,24). The highest BCUT2D eigenvalue weighted by Gasteiger charge is 2.29. The lowest BCUT2D eigenvalue weighted by molar-refractivity contribution is -0.121. The molecule has 0 spiro atoms. The molecule has 0 aromatic heterocycles. The first-order valence-corrected chi connectivity index (χ1v) is 7.73. The van der Waals surface area contributed by atoms with E-state index in [9.17, 15) is 18.0 Å². The van der Waals surface area contributed by atoms with E-state index in [0.29, 0.717) is 11.3 Å². The first kappa shape index (κ1) is 16.5. The lowest BCUT2D eigenvalue weighted by Crippen LogP contribution is -2.48. The minimum absolute atomic E-state index is 0.156. The van der Waals surface area contributed by atoms with Crippen LogP contribution in [0.4, 0.5) is 18.9 Å². The maximum Gasteiger partial charge on any atom is 0.227 e. The number of carbonyl (C=O) groups excluding carboxylic acids is 1. The van der Waals surface area contributed by atoms with Gasteiger partial charge < -0.3 is 10.6 Å². The van der Waals surface area contributed by atoms with Crippen molar-refractivity contribution in [2.24, 2.45) is 11.8 Å². The molecule has 1 aliphatic heterocycles. The third-order valence-electron chi connectivity index (χ3n) is 4.41. The van der Waals surface area contributed by atoms with Gasteiger partial charge in [0.25, 0.3) is 0 Å². The molecule has 1 aliphatic rings. The zero-order valence-corrected chi connectivity index (χ0v) is 13.1. The Kier molecular flexibility index (Phi) is 4.57. The van der Waals surface area contributed by atoms with Crippen molar-refractivity contribution in [1.82, 2.24) is 5.32 Å². The smallest absolute Gasteiger partial charge is 0.227 e. The zero-order valence-electron chi connectivity index (χ0n) is 13.1. The summed E-state index contributed by atoms with van der Waals surface area (Å²) in [6, 6.07) is 8.51. The molecule has 1 amide bonds. The normalized spacial score (nSPS) is 15.7. The fourth-order valence-electron chi connectivity index (χ4n) is 2.68. The maximum atomic E-state index is 13.5. The van der Waals surface area contributed by atoms with Gasteiger partial charge in [0.1, 0.15) is 0 Å². The Bertz CT molecular complexity index is 752. The largest absolute Gasteiger partial charge is 0.325 e. The molecule has 1 fully saturated rings. The first-order valence-electron chi connectivity index (χ1n) is 7.73. The second kappa shape index (κ2) is 6.65. The molecule has 126 valence electrons. The van der Waals surface area contributed by atoms with Gasteiger partial charge in [-0.3, -0.25) is 4.79 Å². The van der Waals surface area contributed by atoms with Gasteiger partial charge in [0, 0.05) is 17.2 Å². The van der Waals surface area contributed by atoms with Crippen LogP contribution in [0, 0.1) is 29.3 Å². The summed E-state index contributed by atoms with van der Waals surface area (Å²) in [5, 5.41) is 5.92. The summed E-state index contributed by atoms with van der Waals surface area (Å²) < 4.78 is 40.1. The number of hydrogen-bond acceptors (Lipinski definition) is 2. The van der Waals surface area contributed by atoms with Gasteiger partial charge in [0.05, 0.1) is 0 Å². The Labute approximate surface area is 137 Å². The van der Waals surface area contributed by atoms with Crippen molar-refractivity contribution in [3.8, 4) is 11.1 Å². The van der Waals surface area contributed by atoms with Crippen LogP contribution in [-0.2, 0) is 4.79 Å². The summed E-state index contributed by atoms with van der Waals surface area (Å²) in [5.74, 6) is -4.10. The molecule has 3 nitrogen and oxygen atoms in total. The molecule has 3 rings (SSSR count). The lowest BCUT2D eigenvalue weighted by atomic mass is 9.88. The summed E-state index contributed by atoms with van der Waals surface area (Å²) in [6.45, 7) is 3.44. The second-order valence-corrected chi connectivity index (χ2v) is 6.00. The van der Waals surface area contributed by atoms with Gasteiger partial charge in [0.2, 0.25) is 5.91 Å². The van der Waals surface area contributed by atoms with Crippen molar-refractivity contribution in [1.29, 1.82) is 0 Å². The van der Waals surface area contributed by atoms with E-state index < -0.39 is 17.5 Å². The lowest BCUT2D eigenvalue weighted by Gasteiger charge is -2.31. The molecule has 0 aliphatic carbocycles. The molecule has 6 heteroatoms. The predicted octanol–water partition coefficient (Wildman–Crippen LogP) is 3.56. The van der Waals surface area contributed by atoms with Gasteiger partial charge in [-0.15, -0.1) is 0 Å². The summed E-state index contributed by atoms with van der Waals surface area (Å²) in [4.78, 5) is 12.4. The zero-order chi connectivity index (χ0) is 17.3. The highest BCUT2D eigenvalue weighted by molar-refractivity contribution is 5.96. The SMILES string of the molecule is CC(C(=O)Nc1ccccc1-c1cc(F)c(F)c(F)c1)C1CNC1. The number of nitrogens with one attached hydrogen (secondary N) is 2. The topological polar surface area (TPSA) is 41.1 Å². The van der Waals surface area contributed by atoms with Gasteiger partial charge >= 0.3 is 0 Å². The molecule has 24 heavy (non-hydrogen) atoms. The van der Waals surface area contributed by atoms with Gasteiger partial charge in [0.15, 0.2) is 17.5 Å². The van der Waals surface area contributed by atoms with Crippen LogP contribution in [0.25, 0.3) is 11.1 Å². The average Bonchev–Trinajstić information content (AvgIpc) is 2.51. The Morgan fingerprint density at radius 3 is 2.38 bits per heavy atom. The van der Waals surface area contributed by atoms with Gasteiger partial charge in [-0.2, -0.15) is 0 Å². The molecule has 1 heterocycles. The van der Waals surface area contributed by atoms with Crippen molar-refractivity contribution < 1.29 is 18.0 Å². The minimum Gasteiger partial charge on any atom is -0.325 e. The van der Waals surface area contributed by atoms with Crippen LogP contribution in [0.15, 0.2) is 36.4 Å². The summed E-state index contributed by atoms with van der Waals surface area (Å²) in [7, 11) is 0. The predicted molar refractivity (Wildman–Crippen MR) is 85.9 cm³/mol. The van der Waals surface area contributed by atoms with Gasteiger partial charge in [-0.05, 0) is 42.8 Å². The van der Waals surface area contributed by atoms with E-state index in [4.69, 9.17) is 0 Å². The van der Waals surface area contributed by atoms with E-state index in [-0.39, 0.29) is 23.3 Å². The molecule has 0 radical (unpaired) electrons. The fraction of sp³-hybridized carbons (Fsp3) is 0.278. The minimum atomic E-state index is -1.51. The van der Waals surface area contributed by atoms with Crippen molar-refractivity contribution in [2.45, 2.75) is 6.92 Å². The molecule has 0 bridgehead atoms. The van der Waals surface area contributed by atoms with E-state index in [1.54, 1.807) is 24.3 Å². The number of hydrogen-bond donors (Lipinski definition) is 2. The van der Waals surface area contributed by atoms with Crippen molar-refractivity contribution in [3.63, 3.8) is 0 Å². The highest BCUT2D eigenvalue weighted by Crippen LogP contribution is 2.31. The number of carbonyl (C=O) groups is 1. The maximum absolute atomic E-state index is 13.5. The number of amides is 1. The third kappa shape index (κ3) is 3.14. The average molecular weight is 334 g/mol. The monoisotopic (exact) mass is 334 g/mol. The quantitative estimate of drug-likeness (QED) is 0.840. The van der Waals surface area contributed by atoms with E-state index in [2.05, 4.69) is 10.6 Å². The summed E-state index contributed by atoms with van der Waals surface area (Å²) in [5.41, 5.74) is 1.04. The van der Waals surface area contributed by atoms with E-state index in [0.717, 1.165) is 25.2 Å². The van der Waals surface area contributed by atoms with Crippen LogP contribution in [0.3, 0.4) is 0 Å². The third-order valence-corrected chi connectivity index (χ3v) is 4.41. The Morgan fingerprint density at radius 2 is 1.79 bits per heavy atom. The Morgan fingerprint density at radius 1 is 1.17 bits per heavy atom. The molecule has 1 atom stereocenters. The van der Waals surface area contributed by atoms with Gasteiger partial charge in [-0.25, -0.2) is 13.2 Å². The summed E-state index contributed by atoms with van der Waals surface area (Å²) >= 11 is 0. The molecule has 2 aromatic rings. The fourth-order valence-corrected chi connectivity index (χ4v) is 2.68. The molecule has 2 aromatic carbocycles. The van der Waals surface area contributed by atoms with Crippen LogP contribution in [0.2, 0.25) is 0 Å². The number of halogens is 3. The molecule has 0 saturated carbocycles. The molecular formula is C18H17F3N2O. The molecule has 2 N–H and O–H groups in total. The van der Waals surface area contributed by atoms with Crippen LogP contribution in [0.1, 0.15) is 6.92 Å². The highest BCUT2D eigenvalue weighted by atomic mass is 19.2. The van der Waals surface area contributed by atoms with E-state index >= 15 is 0 Å². The first-order chi connectivity index (χ1) is 11.5.